The predicted molar refractivity (Wildman–Crippen MR) is 180 cm³/mol. The van der Waals surface area contributed by atoms with Crippen LogP contribution in [-0.2, 0) is 36.2 Å². The smallest absolute Gasteiger partial charge is 0.315 e. The Morgan fingerprint density at radius 3 is 2.33 bits per heavy atom. The third kappa shape index (κ3) is 8.05. The highest BCUT2D eigenvalue weighted by atomic mass is 32.2. The van der Waals surface area contributed by atoms with Gasteiger partial charge in [-0.2, -0.15) is 0 Å². The van der Waals surface area contributed by atoms with Gasteiger partial charge in [0.1, 0.15) is 0 Å². The van der Waals surface area contributed by atoms with E-state index in [1.54, 1.807) is 18.0 Å². The molecule has 0 spiro atoms. The van der Waals surface area contributed by atoms with E-state index in [1.807, 2.05) is 90.6 Å². The second-order valence-corrected chi connectivity index (χ2v) is 12.3. The van der Waals surface area contributed by atoms with Crippen molar-refractivity contribution in [2.24, 2.45) is 7.05 Å². The average molecular weight is 635 g/mol. The molecule has 1 saturated heterocycles. The molecule has 1 fully saturated rings. The van der Waals surface area contributed by atoms with Gasteiger partial charge in [-0.25, -0.2) is 9.78 Å². The molecule has 236 valence electrons. The molecule has 0 aliphatic carbocycles. The van der Waals surface area contributed by atoms with Gasteiger partial charge in [0.05, 0.1) is 18.8 Å². The molecule has 1 aromatic heterocycles. The van der Waals surface area contributed by atoms with Crippen molar-refractivity contribution in [2.75, 3.05) is 5.75 Å². The predicted octanol–water partition coefficient (Wildman–Crippen LogP) is 6.92. The molecule has 9 heteroatoms. The molecular formula is C37H38N4O4S. The van der Waals surface area contributed by atoms with E-state index in [4.69, 9.17) is 9.47 Å². The second-order valence-electron chi connectivity index (χ2n) is 11.3. The largest absolute Gasteiger partial charge is 0.392 e. The number of ether oxygens (including phenoxy) is 2. The third-order valence-electron chi connectivity index (χ3n) is 8.04. The number of aryl methyl sites for hydroxylation is 1. The molecule has 4 aromatic carbocycles. The summed E-state index contributed by atoms with van der Waals surface area (Å²) in [6.45, 7) is 0.880. The van der Waals surface area contributed by atoms with E-state index in [9.17, 15) is 9.90 Å². The van der Waals surface area contributed by atoms with Crippen LogP contribution in [0.4, 0.5) is 4.79 Å². The molecule has 0 radical (unpaired) electrons. The zero-order valence-electron chi connectivity index (χ0n) is 25.7. The van der Waals surface area contributed by atoms with Crippen LogP contribution in [0.5, 0.6) is 0 Å². The first-order valence-corrected chi connectivity index (χ1v) is 16.4. The Morgan fingerprint density at radius 2 is 1.59 bits per heavy atom. The van der Waals surface area contributed by atoms with Gasteiger partial charge in [0.15, 0.2) is 11.4 Å². The molecule has 8 nitrogen and oxygen atoms in total. The van der Waals surface area contributed by atoms with Crippen LogP contribution < -0.4 is 10.6 Å². The van der Waals surface area contributed by atoms with Gasteiger partial charge < -0.3 is 29.8 Å². The Balaban J connectivity index is 1.14. The summed E-state index contributed by atoms with van der Waals surface area (Å²) in [4.78, 5) is 17.0. The van der Waals surface area contributed by atoms with Crippen molar-refractivity contribution in [3.63, 3.8) is 0 Å². The molecule has 3 atom stereocenters. The van der Waals surface area contributed by atoms with Crippen LogP contribution in [0.15, 0.2) is 121 Å². The topological polar surface area (TPSA) is 97.6 Å². The number of aliphatic hydroxyl groups is 1. The maximum atomic E-state index is 12.5. The maximum Gasteiger partial charge on any atom is 0.315 e. The van der Waals surface area contributed by atoms with Gasteiger partial charge in [-0.05, 0) is 33.4 Å². The number of rotatable bonds is 11. The van der Waals surface area contributed by atoms with Crippen molar-refractivity contribution in [1.82, 2.24) is 20.2 Å². The van der Waals surface area contributed by atoms with E-state index in [2.05, 4.69) is 45.9 Å². The van der Waals surface area contributed by atoms with E-state index < -0.39 is 6.29 Å². The molecule has 3 N–H and O–H groups in total. The number of aromatic nitrogens is 2. The number of carbonyl (C=O) groups is 1. The molecule has 0 saturated carbocycles. The lowest BCUT2D eigenvalue weighted by Crippen LogP contribution is -2.34. The minimum atomic E-state index is -0.539. The SMILES string of the molecule is Cn1ccnc1SC[C@@H]1C[C@H](c2ccc(CO)cc2)O[C@H](c2ccc(-c3ccccc3CNC(=O)NCc3ccccc3)cc2)O1. The van der Waals surface area contributed by atoms with E-state index >= 15 is 0 Å². The van der Waals surface area contributed by atoms with Gasteiger partial charge in [-0.15, -0.1) is 0 Å². The van der Waals surface area contributed by atoms with Crippen LogP contribution >= 0.6 is 11.8 Å². The summed E-state index contributed by atoms with van der Waals surface area (Å²) in [6.07, 6.45) is 3.71. The minimum Gasteiger partial charge on any atom is -0.392 e. The van der Waals surface area contributed by atoms with Gasteiger partial charge in [-0.1, -0.05) is 115 Å². The van der Waals surface area contributed by atoms with Gasteiger partial charge in [0.2, 0.25) is 0 Å². The first-order valence-electron chi connectivity index (χ1n) is 15.4. The highest BCUT2D eigenvalue weighted by molar-refractivity contribution is 7.99. The van der Waals surface area contributed by atoms with E-state index in [1.165, 1.54) is 0 Å². The molecule has 0 unspecified atom stereocenters. The number of nitrogens with zero attached hydrogens (tertiary/aromatic N) is 2. The van der Waals surface area contributed by atoms with Gasteiger partial charge in [0.25, 0.3) is 0 Å². The van der Waals surface area contributed by atoms with Crippen LogP contribution in [0.25, 0.3) is 11.1 Å². The molecule has 46 heavy (non-hydrogen) atoms. The van der Waals surface area contributed by atoms with Crippen LogP contribution in [0.1, 0.15) is 46.6 Å². The van der Waals surface area contributed by atoms with Crippen molar-refractivity contribution in [1.29, 1.82) is 0 Å². The number of aliphatic hydroxyl groups excluding tert-OH is 1. The molecule has 0 bridgehead atoms. The first-order chi connectivity index (χ1) is 22.6. The second kappa shape index (κ2) is 15.2. The van der Waals surface area contributed by atoms with Crippen LogP contribution in [0.2, 0.25) is 0 Å². The Bertz CT molecular complexity index is 1710. The van der Waals surface area contributed by atoms with Crippen LogP contribution in [-0.4, -0.2) is 32.5 Å². The lowest BCUT2D eigenvalue weighted by molar-refractivity contribution is -0.245. The summed E-state index contributed by atoms with van der Waals surface area (Å²) in [5.41, 5.74) is 7.02. The Hall–Kier alpha value is -4.41. The normalized spacial score (nSPS) is 17.8. The zero-order chi connectivity index (χ0) is 31.7. The van der Waals surface area contributed by atoms with Gasteiger partial charge >= 0.3 is 6.03 Å². The minimum absolute atomic E-state index is 0.00741. The number of imidazole rings is 1. The number of hydrogen-bond acceptors (Lipinski definition) is 6. The van der Waals surface area contributed by atoms with Crippen molar-refractivity contribution < 1.29 is 19.4 Å². The van der Waals surface area contributed by atoms with E-state index in [0.717, 1.165) is 49.9 Å². The number of carbonyl (C=O) groups excluding carboxylic acids is 1. The van der Waals surface area contributed by atoms with Crippen molar-refractivity contribution in [3.8, 4) is 11.1 Å². The Kier molecular flexibility index (Phi) is 10.5. The molecule has 1 aliphatic heterocycles. The highest BCUT2D eigenvalue weighted by Gasteiger charge is 2.32. The fourth-order valence-corrected chi connectivity index (χ4v) is 6.42. The number of nitrogens with one attached hydrogen (secondary N) is 2. The number of urea groups is 1. The summed E-state index contributed by atoms with van der Waals surface area (Å²) in [7, 11) is 1.99. The van der Waals surface area contributed by atoms with Crippen LogP contribution in [0.3, 0.4) is 0 Å². The maximum absolute atomic E-state index is 12.5. The quantitative estimate of drug-likeness (QED) is 0.137. The van der Waals surface area contributed by atoms with E-state index in [-0.39, 0.29) is 24.8 Å². The third-order valence-corrected chi connectivity index (χ3v) is 9.23. The Labute approximate surface area is 273 Å². The molecule has 5 aromatic rings. The fraction of sp³-hybridized carbons (Fsp3) is 0.243. The number of thioether (sulfide) groups is 1. The summed E-state index contributed by atoms with van der Waals surface area (Å²) >= 11 is 1.67. The standard InChI is InChI=1S/C37H38N4O4S/c1-41-20-19-38-37(41)46-25-32-21-34(29-13-11-27(24-42)12-14-29)45-35(44-32)30-17-15-28(16-18-30)33-10-6-5-9-31(33)23-40-36(43)39-22-26-7-3-2-4-8-26/h2-20,32,34-35,42H,21-25H2,1H3,(H2,39,40,43)/t32-,34+,35+/m0/s1. The highest BCUT2D eigenvalue weighted by Crippen LogP contribution is 2.40. The number of amides is 2. The van der Waals surface area contributed by atoms with Crippen molar-refractivity contribution in [3.05, 3.63) is 143 Å². The van der Waals surface area contributed by atoms with E-state index in [0.29, 0.717) is 19.5 Å². The number of hydrogen-bond donors (Lipinski definition) is 3. The molecule has 6 rings (SSSR count). The van der Waals surface area contributed by atoms with Crippen molar-refractivity contribution in [2.45, 2.75) is 49.8 Å². The lowest BCUT2D eigenvalue weighted by atomic mass is 9.98. The van der Waals surface area contributed by atoms with Gasteiger partial charge in [0, 0.05) is 50.3 Å². The summed E-state index contributed by atoms with van der Waals surface area (Å²) < 4.78 is 15.1. The van der Waals surface area contributed by atoms with Crippen molar-refractivity contribution >= 4 is 17.8 Å². The molecule has 2 heterocycles. The zero-order valence-corrected chi connectivity index (χ0v) is 26.5. The first kappa shape index (κ1) is 31.6. The summed E-state index contributed by atoms with van der Waals surface area (Å²) in [5.74, 6) is 0.743. The fourth-order valence-electron chi connectivity index (χ4n) is 5.47. The summed E-state index contributed by atoms with van der Waals surface area (Å²) in [6, 6.07) is 33.9. The molecule has 2 amide bonds. The van der Waals surface area contributed by atoms with Crippen LogP contribution in [0, 0.1) is 0 Å². The average Bonchev–Trinajstić information content (AvgIpc) is 3.53. The molecular weight excluding hydrogens is 596 g/mol. The summed E-state index contributed by atoms with van der Waals surface area (Å²) in [5, 5.41) is 16.4. The monoisotopic (exact) mass is 634 g/mol. The Morgan fingerprint density at radius 1 is 0.870 bits per heavy atom. The molecule has 1 aliphatic rings. The van der Waals surface area contributed by atoms with Gasteiger partial charge in [-0.3, -0.25) is 0 Å². The lowest BCUT2D eigenvalue weighted by Gasteiger charge is -2.36. The number of benzene rings is 4.